The fourth-order valence-corrected chi connectivity index (χ4v) is 7.68. The van der Waals surface area contributed by atoms with E-state index in [0.717, 1.165) is 72.2 Å². The number of fused-ring (bicyclic) bond motifs is 1. The number of carbonyl (C=O) groups is 5. The van der Waals surface area contributed by atoms with Crippen LogP contribution in [0.15, 0.2) is 60.7 Å². The predicted octanol–water partition coefficient (Wildman–Crippen LogP) is 2.66. The highest BCUT2D eigenvalue weighted by molar-refractivity contribution is 6.23. The summed E-state index contributed by atoms with van der Waals surface area (Å²) in [5.74, 6) is -1.87. The molecule has 4 aliphatic heterocycles. The number of methoxy groups -OCH3 is 1. The molecule has 3 aromatic rings. The SMILES string of the molecule is COc1ccc(CN(CCC2CNCCN2c2ccc(C(N)=O)c(NC3CCOCC3)c2)c2ccc3c(c2)C(=O)N(C2CCC(=O)NC2=O)C3=O)cc1. The first-order valence-corrected chi connectivity index (χ1v) is 18.2. The molecule has 14 heteroatoms. The monoisotopic (exact) mass is 723 g/mol. The number of piperidine rings is 1. The van der Waals surface area contributed by atoms with Gasteiger partial charge in [0, 0.05) is 81.5 Å². The van der Waals surface area contributed by atoms with Crippen molar-refractivity contribution < 1.29 is 33.4 Å². The molecule has 3 aromatic carbocycles. The summed E-state index contributed by atoms with van der Waals surface area (Å²) in [5, 5.41) is 9.35. The molecule has 5 amide bonds. The van der Waals surface area contributed by atoms with E-state index in [1.807, 2.05) is 42.5 Å². The first kappa shape index (κ1) is 35.9. The highest BCUT2D eigenvalue weighted by Crippen LogP contribution is 2.33. The number of primary amides is 1. The molecule has 2 unspecified atom stereocenters. The maximum absolute atomic E-state index is 13.7. The van der Waals surface area contributed by atoms with Crippen molar-refractivity contribution in [2.45, 2.75) is 56.8 Å². The Bertz CT molecular complexity index is 1900. The Morgan fingerprint density at radius 2 is 1.75 bits per heavy atom. The number of rotatable bonds is 12. The van der Waals surface area contributed by atoms with Crippen LogP contribution in [-0.2, 0) is 20.9 Å². The van der Waals surface area contributed by atoms with Crippen LogP contribution in [0.1, 0.15) is 68.7 Å². The van der Waals surface area contributed by atoms with E-state index in [1.54, 1.807) is 25.3 Å². The van der Waals surface area contributed by atoms with Gasteiger partial charge in [-0.1, -0.05) is 12.1 Å². The Labute approximate surface area is 307 Å². The summed E-state index contributed by atoms with van der Waals surface area (Å²) < 4.78 is 10.9. The summed E-state index contributed by atoms with van der Waals surface area (Å²) in [6.07, 6.45) is 2.59. The second-order valence-electron chi connectivity index (χ2n) is 13.9. The Morgan fingerprint density at radius 1 is 0.981 bits per heavy atom. The third-order valence-corrected chi connectivity index (χ3v) is 10.6. The molecule has 53 heavy (non-hydrogen) atoms. The Morgan fingerprint density at radius 3 is 2.49 bits per heavy atom. The minimum Gasteiger partial charge on any atom is -0.497 e. The van der Waals surface area contributed by atoms with Crippen molar-refractivity contribution in [2.75, 3.05) is 61.6 Å². The number of benzene rings is 3. The molecule has 0 aromatic heterocycles. The number of carbonyl (C=O) groups excluding carboxylic acids is 5. The van der Waals surface area contributed by atoms with E-state index < -0.39 is 35.6 Å². The molecule has 5 N–H and O–H groups in total. The van der Waals surface area contributed by atoms with E-state index in [2.05, 4.69) is 25.8 Å². The van der Waals surface area contributed by atoms with Gasteiger partial charge in [0.25, 0.3) is 17.7 Å². The predicted molar refractivity (Wildman–Crippen MR) is 198 cm³/mol. The molecular formula is C39H45N7O7. The lowest BCUT2D eigenvalue weighted by Gasteiger charge is -2.40. The fraction of sp³-hybridized carbons (Fsp3) is 0.410. The minimum absolute atomic E-state index is 0.0564. The lowest BCUT2D eigenvalue weighted by molar-refractivity contribution is -0.136. The third-order valence-electron chi connectivity index (χ3n) is 10.6. The van der Waals surface area contributed by atoms with Gasteiger partial charge in [-0.15, -0.1) is 0 Å². The van der Waals surface area contributed by atoms with Crippen LogP contribution in [0.25, 0.3) is 0 Å². The topological polar surface area (TPSA) is 176 Å². The first-order chi connectivity index (χ1) is 25.7. The molecule has 7 rings (SSSR count). The molecule has 4 heterocycles. The third kappa shape index (κ3) is 7.69. The van der Waals surface area contributed by atoms with Crippen molar-refractivity contribution in [2.24, 2.45) is 5.73 Å². The van der Waals surface area contributed by atoms with Gasteiger partial charge in [0.05, 0.1) is 23.8 Å². The summed E-state index contributed by atoms with van der Waals surface area (Å²) >= 11 is 0. The average Bonchev–Trinajstić information content (AvgIpc) is 3.42. The number of hydrogen-bond donors (Lipinski definition) is 4. The first-order valence-electron chi connectivity index (χ1n) is 18.2. The standard InChI is InChI=1S/C39H45N7O7/c1-52-29-6-2-24(3-7-29)23-44(26-4-8-30-32(20-26)39(51)46(38(30)50)34-10-11-35(47)43-37(34)49)16-12-28-22-41-15-17-45(28)27-5-9-31(36(40)48)33(21-27)42-25-13-18-53-19-14-25/h2-9,20-21,25,28,34,41-42H,10-19,22-23H2,1H3,(H2,40,48)(H,43,47,49). The molecule has 0 aliphatic carbocycles. The van der Waals surface area contributed by atoms with Gasteiger partial charge in [0.2, 0.25) is 11.8 Å². The Hall–Kier alpha value is -5.47. The van der Waals surface area contributed by atoms with E-state index in [4.69, 9.17) is 15.2 Å². The highest BCUT2D eigenvalue weighted by atomic mass is 16.5. The van der Waals surface area contributed by atoms with E-state index in [-0.39, 0.29) is 36.1 Å². The number of ether oxygens (including phenoxy) is 2. The second-order valence-corrected chi connectivity index (χ2v) is 13.9. The van der Waals surface area contributed by atoms with Crippen molar-refractivity contribution >= 4 is 46.6 Å². The minimum atomic E-state index is -1.03. The molecule has 0 bridgehead atoms. The van der Waals surface area contributed by atoms with Crippen LogP contribution in [0, 0.1) is 0 Å². The molecule has 4 aliphatic rings. The van der Waals surface area contributed by atoms with Crippen LogP contribution >= 0.6 is 0 Å². The molecule has 0 saturated carbocycles. The number of nitrogens with zero attached hydrogens (tertiary/aromatic N) is 3. The lowest BCUT2D eigenvalue weighted by atomic mass is 10.0. The molecule has 0 radical (unpaired) electrons. The Balaban J connectivity index is 1.14. The largest absolute Gasteiger partial charge is 0.497 e. The number of nitrogens with two attached hydrogens (primary N) is 1. The van der Waals surface area contributed by atoms with Gasteiger partial charge < -0.3 is 35.6 Å². The second kappa shape index (κ2) is 15.6. The van der Waals surface area contributed by atoms with E-state index in [0.29, 0.717) is 31.9 Å². The lowest BCUT2D eigenvalue weighted by Crippen LogP contribution is -2.54. The zero-order valence-corrected chi connectivity index (χ0v) is 29.8. The van der Waals surface area contributed by atoms with Crippen molar-refractivity contribution in [1.29, 1.82) is 0 Å². The summed E-state index contributed by atoms with van der Waals surface area (Å²) in [7, 11) is 1.62. The fourth-order valence-electron chi connectivity index (χ4n) is 7.68. The molecule has 2 atom stereocenters. The normalized spacial score (nSPS) is 20.6. The van der Waals surface area contributed by atoms with Crippen LogP contribution in [-0.4, -0.2) is 99.1 Å². The number of hydrogen-bond acceptors (Lipinski definition) is 11. The van der Waals surface area contributed by atoms with Gasteiger partial charge in [0.15, 0.2) is 0 Å². The number of anilines is 3. The maximum atomic E-state index is 13.7. The molecule has 3 fully saturated rings. The van der Waals surface area contributed by atoms with E-state index in [9.17, 15) is 24.0 Å². The zero-order valence-electron chi connectivity index (χ0n) is 29.8. The highest BCUT2D eigenvalue weighted by Gasteiger charge is 2.44. The molecule has 14 nitrogen and oxygen atoms in total. The van der Waals surface area contributed by atoms with Crippen LogP contribution < -0.4 is 36.2 Å². The maximum Gasteiger partial charge on any atom is 0.262 e. The zero-order chi connectivity index (χ0) is 37.1. The van der Waals surface area contributed by atoms with Crippen LogP contribution in [0.2, 0.25) is 0 Å². The quantitative estimate of drug-likeness (QED) is 0.202. The molecule has 3 saturated heterocycles. The van der Waals surface area contributed by atoms with Gasteiger partial charge >= 0.3 is 0 Å². The summed E-state index contributed by atoms with van der Waals surface area (Å²) in [5.41, 5.74) is 10.2. The van der Waals surface area contributed by atoms with Crippen molar-refractivity contribution in [3.8, 4) is 5.75 Å². The molecule has 0 spiro atoms. The smallest absolute Gasteiger partial charge is 0.262 e. The molecular weight excluding hydrogens is 678 g/mol. The summed E-state index contributed by atoms with van der Waals surface area (Å²) in [6, 6.07) is 18.1. The summed E-state index contributed by atoms with van der Waals surface area (Å²) in [6.45, 7) is 4.78. The van der Waals surface area contributed by atoms with Gasteiger partial charge in [-0.3, -0.25) is 34.2 Å². The van der Waals surface area contributed by atoms with Crippen molar-refractivity contribution in [1.82, 2.24) is 15.5 Å². The van der Waals surface area contributed by atoms with Crippen LogP contribution in [0.3, 0.4) is 0 Å². The van der Waals surface area contributed by atoms with Crippen molar-refractivity contribution in [3.63, 3.8) is 0 Å². The summed E-state index contributed by atoms with van der Waals surface area (Å²) in [4.78, 5) is 69.5. The van der Waals surface area contributed by atoms with Gasteiger partial charge in [0.1, 0.15) is 11.8 Å². The van der Waals surface area contributed by atoms with Crippen LogP contribution in [0.5, 0.6) is 5.75 Å². The van der Waals surface area contributed by atoms with Gasteiger partial charge in [-0.05, 0) is 79.8 Å². The average molecular weight is 724 g/mol. The number of imide groups is 2. The number of nitrogens with one attached hydrogen (secondary N) is 3. The Kier molecular flexibility index (Phi) is 10.6. The van der Waals surface area contributed by atoms with E-state index >= 15 is 0 Å². The van der Waals surface area contributed by atoms with Gasteiger partial charge in [-0.2, -0.15) is 0 Å². The molecule has 278 valence electrons. The van der Waals surface area contributed by atoms with Crippen LogP contribution in [0.4, 0.5) is 17.1 Å². The number of amides is 5. The van der Waals surface area contributed by atoms with E-state index in [1.165, 1.54) is 0 Å². The van der Waals surface area contributed by atoms with Crippen molar-refractivity contribution in [3.05, 3.63) is 82.9 Å². The number of piperazine rings is 1. The van der Waals surface area contributed by atoms with Gasteiger partial charge in [-0.25, -0.2) is 0 Å².